The monoisotopic (exact) mass is 346 g/mol. The Balaban J connectivity index is 1.89. The number of benzene rings is 1. The van der Waals surface area contributed by atoms with E-state index in [0.717, 1.165) is 0 Å². The van der Waals surface area contributed by atoms with Gasteiger partial charge in [-0.25, -0.2) is 4.79 Å². The van der Waals surface area contributed by atoms with Gasteiger partial charge < -0.3 is 20.3 Å². The molecule has 0 aliphatic carbocycles. The zero-order chi connectivity index (χ0) is 18.0. The number of hydrogen-bond acceptors (Lipinski definition) is 5. The van der Waals surface area contributed by atoms with Gasteiger partial charge in [0.15, 0.2) is 0 Å². The van der Waals surface area contributed by atoms with E-state index in [9.17, 15) is 19.7 Å². The van der Waals surface area contributed by atoms with Gasteiger partial charge in [-0.1, -0.05) is 18.7 Å². The summed E-state index contributed by atoms with van der Waals surface area (Å²) in [6, 6.07) is 4.69. The van der Waals surface area contributed by atoms with Gasteiger partial charge in [0.05, 0.1) is 24.2 Å². The van der Waals surface area contributed by atoms with Crippen molar-refractivity contribution in [3.63, 3.8) is 0 Å². The van der Waals surface area contributed by atoms with Crippen LogP contribution in [-0.2, 0) is 9.53 Å². The van der Waals surface area contributed by atoms with Crippen molar-refractivity contribution in [2.75, 3.05) is 26.3 Å². The van der Waals surface area contributed by atoms with E-state index < -0.39 is 22.9 Å². The minimum atomic E-state index is -0.697. The van der Waals surface area contributed by atoms with Gasteiger partial charge in [-0.15, -0.1) is 0 Å². The fraction of sp³-hybridized carbons (Fsp3) is 0.375. The predicted molar refractivity (Wildman–Crippen MR) is 87.5 cm³/mol. The van der Waals surface area contributed by atoms with Crippen LogP contribution in [0.2, 0.25) is 0 Å². The molecule has 0 saturated carbocycles. The van der Waals surface area contributed by atoms with E-state index in [4.69, 9.17) is 4.74 Å². The van der Waals surface area contributed by atoms with Crippen molar-refractivity contribution in [2.24, 2.45) is 5.92 Å². The molecule has 0 aromatic heterocycles. The molecule has 1 aromatic carbocycles. The second-order valence-electron chi connectivity index (χ2n) is 5.87. The second-order valence-corrected chi connectivity index (χ2v) is 5.87. The van der Waals surface area contributed by atoms with Crippen LogP contribution in [0.5, 0.6) is 0 Å². The highest BCUT2D eigenvalue weighted by Crippen LogP contribution is 2.32. The number of urea groups is 1. The number of nitrogens with zero attached hydrogens (tertiary/aromatic N) is 2. The molecule has 0 spiro atoms. The van der Waals surface area contributed by atoms with E-state index >= 15 is 0 Å². The van der Waals surface area contributed by atoms with Crippen molar-refractivity contribution in [3.8, 4) is 0 Å². The van der Waals surface area contributed by atoms with Crippen molar-refractivity contribution in [3.05, 3.63) is 52.2 Å². The fourth-order valence-electron chi connectivity index (χ4n) is 3.04. The third kappa shape index (κ3) is 3.45. The lowest BCUT2D eigenvalue weighted by atomic mass is 9.87. The predicted octanol–water partition coefficient (Wildman–Crippen LogP) is 0.937. The summed E-state index contributed by atoms with van der Waals surface area (Å²) >= 11 is 0. The zero-order valence-electron chi connectivity index (χ0n) is 13.4. The third-order valence-electron chi connectivity index (χ3n) is 4.32. The highest BCUT2D eigenvalue weighted by molar-refractivity contribution is 5.88. The van der Waals surface area contributed by atoms with Crippen LogP contribution in [-0.4, -0.2) is 48.1 Å². The van der Waals surface area contributed by atoms with Crippen LogP contribution < -0.4 is 10.6 Å². The highest BCUT2D eigenvalue weighted by Gasteiger charge is 2.40. The van der Waals surface area contributed by atoms with Crippen LogP contribution in [0, 0.1) is 16.0 Å². The molecular formula is C16H18N4O5. The Morgan fingerprint density at radius 3 is 2.52 bits per heavy atom. The van der Waals surface area contributed by atoms with Gasteiger partial charge in [0.1, 0.15) is 5.92 Å². The zero-order valence-corrected chi connectivity index (χ0v) is 13.4. The summed E-state index contributed by atoms with van der Waals surface area (Å²) in [5.41, 5.74) is 0.857. The summed E-state index contributed by atoms with van der Waals surface area (Å²) in [6.45, 7) is 5.71. The van der Waals surface area contributed by atoms with Gasteiger partial charge in [0, 0.05) is 30.9 Å². The molecule has 2 aliphatic heterocycles. The summed E-state index contributed by atoms with van der Waals surface area (Å²) in [6.07, 6.45) is 0. The van der Waals surface area contributed by atoms with Crippen molar-refractivity contribution in [1.82, 2.24) is 15.5 Å². The van der Waals surface area contributed by atoms with E-state index in [2.05, 4.69) is 17.2 Å². The summed E-state index contributed by atoms with van der Waals surface area (Å²) < 4.78 is 5.26. The largest absolute Gasteiger partial charge is 0.378 e. The standard InChI is InChI=1S/C16H18N4O5/c1-10-13(15(21)19-6-8-25-9-7-19)14(18-16(22)17-10)11-2-4-12(5-3-11)20(23)24/h2-5,13-14H,1,6-9H2,(H2,17,18,22)/t13-,14+/m0/s1. The molecular weight excluding hydrogens is 328 g/mol. The van der Waals surface area contributed by atoms with Crippen LogP contribution >= 0.6 is 0 Å². The van der Waals surface area contributed by atoms with Gasteiger partial charge in [0.25, 0.3) is 5.69 Å². The number of amides is 3. The average Bonchev–Trinajstić information content (AvgIpc) is 2.61. The first kappa shape index (κ1) is 16.9. The molecule has 2 aliphatic rings. The molecule has 1 aromatic rings. The number of nitrogens with one attached hydrogen (secondary N) is 2. The minimum Gasteiger partial charge on any atom is -0.378 e. The smallest absolute Gasteiger partial charge is 0.319 e. The van der Waals surface area contributed by atoms with Crippen LogP contribution in [0.15, 0.2) is 36.5 Å². The quantitative estimate of drug-likeness (QED) is 0.624. The van der Waals surface area contributed by atoms with Gasteiger partial charge in [0.2, 0.25) is 5.91 Å². The molecule has 3 rings (SSSR count). The normalized spacial score (nSPS) is 23.6. The first-order valence-electron chi connectivity index (χ1n) is 7.84. The van der Waals surface area contributed by atoms with Crippen molar-refractivity contribution in [2.45, 2.75) is 6.04 Å². The van der Waals surface area contributed by atoms with E-state index in [1.54, 1.807) is 17.0 Å². The summed E-state index contributed by atoms with van der Waals surface area (Å²) in [5.74, 6) is -0.860. The van der Waals surface area contributed by atoms with Crippen molar-refractivity contribution < 1.29 is 19.2 Å². The average molecular weight is 346 g/mol. The maximum Gasteiger partial charge on any atom is 0.319 e. The number of morpholine rings is 1. The Bertz CT molecular complexity index is 712. The van der Waals surface area contributed by atoms with E-state index in [1.165, 1.54) is 12.1 Å². The Labute approximate surface area is 143 Å². The number of nitro benzene ring substituents is 1. The molecule has 9 nitrogen and oxygen atoms in total. The fourth-order valence-corrected chi connectivity index (χ4v) is 3.04. The van der Waals surface area contributed by atoms with Crippen molar-refractivity contribution in [1.29, 1.82) is 0 Å². The van der Waals surface area contributed by atoms with Crippen LogP contribution in [0.3, 0.4) is 0 Å². The van der Waals surface area contributed by atoms with E-state index in [-0.39, 0.29) is 11.6 Å². The molecule has 2 N–H and O–H groups in total. The number of carbonyl (C=O) groups is 2. The molecule has 2 atom stereocenters. The third-order valence-corrected chi connectivity index (χ3v) is 4.32. The second kappa shape index (κ2) is 6.89. The lowest BCUT2D eigenvalue weighted by Crippen LogP contribution is -2.55. The van der Waals surface area contributed by atoms with Gasteiger partial charge in [-0.05, 0) is 5.56 Å². The summed E-state index contributed by atoms with van der Waals surface area (Å²) in [5, 5.41) is 16.1. The highest BCUT2D eigenvalue weighted by atomic mass is 16.6. The molecule has 2 saturated heterocycles. The van der Waals surface area contributed by atoms with E-state index in [1.807, 2.05) is 0 Å². The summed E-state index contributed by atoms with van der Waals surface area (Å²) in [7, 11) is 0. The number of carbonyl (C=O) groups excluding carboxylic acids is 2. The molecule has 2 fully saturated rings. The number of ether oxygens (including phenoxy) is 1. The maximum atomic E-state index is 12.9. The molecule has 0 radical (unpaired) electrons. The Kier molecular flexibility index (Phi) is 4.66. The van der Waals surface area contributed by atoms with Crippen LogP contribution in [0.1, 0.15) is 11.6 Å². The van der Waals surface area contributed by atoms with E-state index in [0.29, 0.717) is 37.6 Å². The number of rotatable bonds is 3. The first-order chi connectivity index (χ1) is 12.0. The van der Waals surface area contributed by atoms with Crippen LogP contribution in [0.25, 0.3) is 0 Å². The molecule has 9 heteroatoms. The van der Waals surface area contributed by atoms with Gasteiger partial charge in [-0.2, -0.15) is 0 Å². The van der Waals surface area contributed by atoms with Gasteiger partial charge in [-0.3, -0.25) is 14.9 Å². The topological polar surface area (TPSA) is 114 Å². The van der Waals surface area contributed by atoms with Gasteiger partial charge >= 0.3 is 6.03 Å². The molecule has 3 amide bonds. The Morgan fingerprint density at radius 2 is 1.92 bits per heavy atom. The molecule has 25 heavy (non-hydrogen) atoms. The van der Waals surface area contributed by atoms with Crippen molar-refractivity contribution >= 4 is 17.6 Å². The summed E-state index contributed by atoms with van der Waals surface area (Å²) in [4.78, 5) is 36.8. The minimum absolute atomic E-state index is 0.0566. The van der Waals surface area contributed by atoms with Crippen LogP contribution in [0.4, 0.5) is 10.5 Å². The Hall–Kier alpha value is -2.94. The molecule has 0 unspecified atom stereocenters. The Morgan fingerprint density at radius 1 is 1.28 bits per heavy atom. The molecule has 2 heterocycles. The lowest BCUT2D eigenvalue weighted by Gasteiger charge is -2.38. The molecule has 0 bridgehead atoms. The first-order valence-corrected chi connectivity index (χ1v) is 7.84. The number of hydrogen-bond donors (Lipinski definition) is 2. The number of non-ortho nitro benzene ring substituents is 1. The SMILES string of the molecule is C=C1NC(=O)N[C@H](c2ccc([N+](=O)[O-])cc2)[C@H]1C(=O)N1CCOCC1. The lowest BCUT2D eigenvalue weighted by molar-refractivity contribution is -0.384. The maximum absolute atomic E-state index is 12.9. The number of nitro groups is 1. The molecule has 132 valence electrons.